The molecular weight excluding hydrogens is 322 g/mol. The van der Waals surface area contributed by atoms with Crippen LogP contribution in [-0.2, 0) is 0 Å². The maximum atomic E-state index is 13.0. The predicted molar refractivity (Wildman–Crippen MR) is 107 cm³/mol. The number of carbonyl (C=O) groups is 1. The number of carbonyl (C=O) groups excluding carboxylic acids is 1. The van der Waals surface area contributed by atoms with E-state index in [1.807, 2.05) is 49.4 Å². The monoisotopic (exact) mass is 345 g/mol. The predicted octanol–water partition coefficient (Wildman–Crippen LogP) is 5.11. The molecule has 26 heavy (non-hydrogen) atoms. The van der Waals surface area contributed by atoms with Crippen LogP contribution in [-0.4, -0.2) is 17.4 Å². The Bertz CT molecular complexity index is 886. The van der Waals surface area contributed by atoms with Crippen LogP contribution in [0.5, 0.6) is 0 Å². The Morgan fingerprint density at radius 1 is 1.00 bits per heavy atom. The maximum Gasteiger partial charge on any atom is 0.259 e. The molecule has 3 aromatic rings. The molecule has 0 aliphatic carbocycles. The SMILES string of the molecule is CCN(C(=O)c1cncc(Nc2c(C)cccc2C)c1)c1ccccc1. The standard InChI is InChI=1S/C22H23N3O/c1-4-25(20-11-6-5-7-12-20)22(26)18-13-19(15-23-14-18)24-21-16(2)9-8-10-17(21)3/h5-15,24H,4H2,1-3H3. The molecule has 4 nitrogen and oxygen atoms in total. The average Bonchev–Trinajstić information content (AvgIpc) is 2.66. The number of nitrogens with one attached hydrogen (secondary N) is 1. The Kier molecular flexibility index (Phi) is 5.32. The quantitative estimate of drug-likeness (QED) is 0.699. The first kappa shape index (κ1) is 17.7. The minimum atomic E-state index is -0.0589. The molecule has 0 unspecified atom stereocenters. The number of aryl methyl sites for hydroxylation is 2. The van der Waals surface area contributed by atoms with Crippen LogP contribution in [0, 0.1) is 13.8 Å². The minimum Gasteiger partial charge on any atom is -0.354 e. The molecule has 0 bridgehead atoms. The lowest BCUT2D eigenvalue weighted by atomic mass is 10.1. The molecule has 4 heteroatoms. The molecule has 0 saturated heterocycles. The molecule has 0 aliphatic heterocycles. The van der Waals surface area contributed by atoms with Crippen molar-refractivity contribution in [3.63, 3.8) is 0 Å². The summed E-state index contributed by atoms with van der Waals surface area (Å²) in [5.41, 5.74) is 5.61. The minimum absolute atomic E-state index is 0.0589. The van der Waals surface area contributed by atoms with Gasteiger partial charge in [-0.25, -0.2) is 0 Å². The summed E-state index contributed by atoms with van der Waals surface area (Å²) < 4.78 is 0. The highest BCUT2D eigenvalue weighted by molar-refractivity contribution is 6.06. The van der Waals surface area contributed by atoms with Crippen molar-refractivity contribution in [1.29, 1.82) is 0 Å². The number of anilines is 3. The van der Waals surface area contributed by atoms with Gasteiger partial charge in [0.1, 0.15) is 0 Å². The van der Waals surface area contributed by atoms with Gasteiger partial charge < -0.3 is 10.2 Å². The molecule has 3 rings (SSSR count). The fourth-order valence-corrected chi connectivity index (χ4v) is 2.99. The van der Waals surface area contributed by atoms with Gasteiger partial charge in [0.15, 0.2) is 0 Å². The highest BCUT2D eigenvalue weighted by Gasteiger charge is 2.17. The molecule has 132 valence electrons. The zero-order valence-electron chi connectivity index (χ0n) is 15.4. The van der Waals surface area contributed by atoms with Gasteiger partial charge in [0.2, 0.25) is 0 Å². The van der Waals surface area contributed by atoms with Crippen LogP contribution in [0.1, 0.15) is 28.4 Å². The second kappa shape index (κ2) is 7.83. The van der Waals surface area contributed by atoms with E-state index in [9.17, 15) is 4.79 Å². The Labute approximate surface area is 154 Å². The van der Waals surface area contributed by atoms with Crippen molar-refractivity contribution in [3.8, 4) is 0 Å². The molecule has 0 saturated carbocycles. The number of benzene rings is 2. The number of amides is 1. The number of para-hydroxylation sites is 2. The second-order valence-corrected chi connectivity index (χ2v) is 6.24. The van der Waals surface area contributed by atoms with Crippen molar-refractivity contribution in [2.45, 2.75) is 20.8 Å². The van der Waals surface area contributed by atoms with Gasteiger partial charge in [-0.3, -0.25) is 9.78 Å². The average molecular weight is 345 g/mol. The lowest BCUT2D eigenvalue weighted by Gasteiger charge is -2.21. The first-order valence-electron chi connectivity index (χ1n) is 8.75. The van der Waals surface area contributed by atoms with E-state index >= 15 is 0 Å². The smallest absolute Gasteiger partial charge is 0.259 e. The summed E-state index contributed by atoms with van der Waals surface area (Å²) in [5.74, 6) is -0.0589. The topological polar surface area (TPSA) is 45.2 Å². The van der Waals surface area contributed by atoms with Crippen molar-refractivity contribution in [2.24, 2.45) is 0 Å². The normalized spacial score (nSPS) is 10.4. The van der Waals surface area contributed by atoms with Crippen LogP contribution in [0.15, 0.2) is 67.0 Å². The summed E-state index contributed by atoms with van der Waals surface area (Å²) in [5, 5.41) is 3.40. The van der Waals surface area contributed by atoms with Gasteiger partial charge in [-0.1, -0.05) is 36.4 Å². The van der Waals surface area contributed by atoms with Gasteiger partial charge in [0, 0.05) is 24.1 Å². The van der Waals surface area contributed by atoms with Crippen LogP contribution in [0.3, 0.4) is 0 Å². The van der Waals surface area contributed by atoms with Crippen LogP contribution >= 0.6 is 0 Å². The molecule has 1 N–H and O–H groups in total. The molecule has 0 atom stereocenters. The molecule has 0 radical (unpaired) electrons. The summed E-state index contributed by atoms with van der Waals surface area (Å²) >= 11 is 0. The summed E-state index contributed by atoms with van der Waals surface area (Å²) in [4.78, 5) is 19.0. The Morgan fingerprint density at radius 2 is 1.69 bits per heavy atom. The van der Waals surface area contributed by atoms with E-state index in [1.165, 1.54) is 0 Å². The van der Waals surface area contributed by atoms with E-state index in [-0.39, 0.29) is 5.91 Å². The third-order valence-corrected chi connectivity index (χ3v) is 4.36. The summed E-state index contributed by atoms with van der Waals surface area (Å²) in [6, 6.07) is 17.7. The van der Waals surface area contributed by atoms with Crippen molar-refractivity contribution in [2.75, 3.05) is 16.8 Å². The van der Waals surface area contributed by atoms with E-state index in [1.54, 1.807) is 17.3 Å². The third-order valence-electron chi connectivity index (χ3n) is 4.36. The second-order valence-electron chi connectivity index (χ2n) is 6.24. The van der Waals surface area contributed by atoms with Crippen LogP contribution in [0.4, 0.5) is 17.1 Å². The maximum absolute atomic E-state index is 13.0. The highest BCUT2D eigenvalue weighted by Crippen LogP contribution is 2.25. The number of hydrogen-bond donors (Lipinski definition) is 1. The highest BCUT2D eigenvalue weighted by atomic mass is 16.2. The molecular formula is C22H23N3O. The lowest BCUT2D eigenvalue weighted by molar-refractivity contribution is 0.0988. The Hall–Kier alpha value is -3.14. The van der Waals surface area contributed by atoms with Gasteiger partial charge in [-0.05, 0) is 50.1 Å². The van der Waals surface area contributed by atoms with E-state index in [0.29, 0.717) is 12.1 Å². The van der Waals surface area contributed by atoms with Crippen molar-refractivity contribution in [1.82, 2.24) is 4.98 Å². The molecule has 0 spiro atoms. The first-order chi connectivity index (χ1) is 12.6. The van der Waals surface area contributed by atoms with E-state index < -0.39 is 0 Å². The van der Waals surface area contributed by atoms with Crippen molar-refractivity contribution in [3.05, 3.63) is 83.7 Å². The number of hydrogen-bond acceptors (Lipinski definition) is 3. The van der Waals surface area contributed by atoms with E-state index in [2.05, 4.69) is 36.3 Å². The fraction of sp³-hybridized carbons (Fsp3) is 0.182. The van der Waals surface area contributed by atoms with Crippen molar-refractivity contribution >= 4 is 23.0 Å². The van der Waals surface area contributed by atoms with Crippen LogP contribution in [0.25, 0.3) is 0 Å². The van der Waals surface area contributed by atoms with Gasteiger partial charge in [0.05, 0.1) is 17.4 Å². The van der Waals surface area contributed by atoms with Gasteiger partial charge >= 0.3 is 0 Å². The largest absolute Gasteiger partial charge is 0.354 e. The Balaban J connectivity index is 1.88. The number of nitrogens with zero attached hydrogens (tertiary/aromatic N) is 2. The zero-order valence-corrected chi connectivity index (χ0v) is 15.4. The fourth-order valence-electron chi connectivity index (χ4n) is 2.99. The van der Waals surface area contributed by atoms with Gasteiger partial charge in [-0.15, -0.1) is 0 Å². The number of pyridine rings is 1. The molecule has 0 aliphatic rings. The first-order valence-corrected chi connectivity index (χ1v) is 8.75. The summed E-state index contributed by atoms with van der Waals surface area (Å²) in [6.45, 7) is 6.69. The third kappa shape index (κ3) is 3.75. The zero-order chi connectivity index (χ0) is 18.5. The molecule has 1 amide bonds. The number of aromatic nitrogens is 1. The van der Waals surface area contributed by atoms with Gasteiger partial charge in [0.25, 0.3) is 5.91 Å². The van der Waals surface area contributed by atoms with Crippen LogP contribution < -0.4 is 10.2 Å². The lowest BCUT2D eigenvalue weighted by Crippen LogP contribution is -2.30. The van der Waals surface area contributed by atoms with Gasteiger partial charge in [-0.2, -0.15) is 0 Å². The summed E-state index contributed by atoms with van der Waals surface area (Å²) in [6.07, 6.45) is 3.35. The number of rotatable bonds is 5. The van der Waals surface area contributed by atoms with Crippen molar-refractivity contribution < 1.29 is 4.79 Å². The van der Waals surface area contributed by atoms with E-state index in [0.717, 1.165) is 28.2 Å². The molecule has 0 fully saturated rings. The molecule has 1 heterocycles. The summed E-state index contributed by atoms with van der Waals surface area (Å²) in [7, 11) is 0. The Morgan fingerprint density at radius 3 is 2.35 bits per heavy atom. The van der Waals surface area contributed by atoms with E-state index in [4.69, 9.17) is 0 Å². The molecule has 1 aromatic heterocycles. The molecule has 2 aromatic carbocycles. The van der Waals surface area contributed by atoms with Crippen LogP contribution in [0.2, 0.25) is 0 Å².